The van der Waals surface area contributed by atoms with E-state index in [1.165, 1.54) is 0 Å². The van der Waals surface area contributed by atoms with Crippen LogP contribution in [0.2, 0.25) is 0 Å². The number of nitrogens with one attached hydrogen (secondary N) is 1. The molecule has 1 saturated heterocycles. The Labute approximate surface area is 144 Å². The van der Waals surface area contributed by atoms with E-state index in [2.05, 4.69) is 30.3 Å². The highest BCUT2D eigenvalue weighted by molar-refractivity contribution is 5.94. The van der Waals surface area contributed by atoms with Crippen LogP contribution in [-0.2, 0) is 7.05 Å². The number of carbonyl (C=O) groups excluding carboxylic acids is 1. The molecule has 25 heavy (non-hydrogen) atoms. The largest absolute Gasteiger partial charge is 0.356 e. The van der Waals surface area contributed by atoms with Crippen molar-refractivity contribution in [1.82, 2.24) is 30.0 Å². The van der Waals surface area contributed by atoms with E-state index >= 15 is 0 Å². The third kappa shape index (κ3) is 3.02. The van der Waals surface area contributed by atoms with Gasteiger partial charge >= 0.3 is 0 Å². The van der Waals surface area contributed by atoms with Gasteiger partial charge in [-0.3, -0.25) is 14.5 Å². The van der Waals surface area contributed by atoms with Gasteiger partial charge in [0.2, 0.25) is 0 Å². The predicted octanol–water partition coefficient (Wildman–Crippen LogP) is 1.16. The lowest BCUT2D eigenvalue weighted by Gasteiger charge is -2.33. The van der Waals surface area contributed by atoms with Gasteiger partial charge < -0.3 is 10.2 Å². The fourth-order valence-electron chi connectivity index (χ4n) is 3.21. The maximum Gasteiger partial charge on any atom is 0.251 e. The van der Waals surface area contributed by atoms with Crippen LogP contribution >= 0.6 is 0 Å². The summed E-state index contributed by atoms with van der Waals surface area (Å²) in [6.45, 7) is 1.67. The number of aromatic nitrogens is 5. The number of pyridine rings is 1. The molecule has 8 nitrogen and oxygen atoms in total. The van der Waals surface area contributed by atoms with E-state index in [-0.39, 0.29) is 11.9 Å². The number of carbonyl (C=O) groups is 1. The number of amides is 1. The van der Waals surface area contributed by atoms with Gasteiger partial charge in [0.15, 0.2) is 5.65 Å². The van der Waals surface area contributed by atoms with Crippen molar-refractivity contribution in [2.24, 2.45) is 7.05 Å². The first-order valence-corrected chi connectivity index (χ1v) is 8.31. The standard InChI is InChI=1S/C17H19N7O/c1-23-15-14(10-21-23)16(20-11-19-15)24-8-4-13(5-9-24)22-17(25)12-2-6-18-7-3-12/h2-3,6-7,10-11,13H,4-5,8-9H2,1H3,(H,22,25). The molecule has 4 rings (SSSR count). The molecular formula is C17H19N7O. The minimum absolute atomic E-state index is 0.0439. The van der Waals surface area contributed by atoms with Crippen LogP contribution in [0.15, 0.2) is 37.1 Å². The molecule has 3 aromatic heterocycles. The molecule has 0 spiro atoms. The minimum atomic E-state index is -0.0439. The summed E-state index contributed by atoms with van der Waals surface area (Å²) >= 11 is 0. The summed E-state index contributed by atoms with van der Waals surface area (Å²) in [7, 11) is 1.87. The molecule has 0 bridgehead atoms. The number of hydrogen-bond donors (Lipinski definition) is 1. The molecule has 8 heteroatoms. The van der Waals surface area contributed by atoms with Crippen LogP contribution in [0.4, 0.5) is 5.82 Å². The van der Waals surface area contributed by atoms with Crippen molar-refractivity contribution in [3.63, 3.8) is 0 Å². The summed E-state index contributed by atoms with van der Waals surface area (Å²) in [6, 6.07) is 3.62. The average Bonchev–Trinajstić information content (AvgIpc) is 3.04. The van der Waals surface area contributed by atoms with Gasteiger partial charge in [-0.05, 0) is 25.0 Å². The normalized spacial score (nSPS) is 15.5. The van der Waals surface area contributed by atoms with Gasteiger partial charge in [0.05, 0.1) is 11.6 Å². The topological polar surface area (TPSA) is 88.8 Å². The number of nitrogens with zero attached hydrogens (tertiary/aromatic N) is 6. The molecule has 0 unspecified atom stereocenters. The molecule has 1 fully saturated rings. The smallest absolute Gasteiger partial charge is 0.251 e. The second-order valence-electron chi connectivity index (χ2n) is 6.17. The van der Waals surface area contributed by atoms with E-state index in [0.717, 1.165) is 42.8 Å². The van der Waals surface area contributed by atoms with E-state index in [0.29, 0.717) is 5.56 Å². The fourth-order valence-corrected chi connectivity index (χ4v) is 3.21. The first-order chi connectivity index (χ1) is 12.2. The van der Waals surface area contributed by atoms with Crippen LogP contribution in [0.3, 0.4) is 0 Å². The zero-order valence-electron chi connectivity index (χ0n) is 14.0. The predicted molar refractivity (Wildman–Crippen MR) is 93.2 cm³/mol. The Morgan fingerprint density at radius 1 is 1.20 bits per heavy atom. The maximum atomic E-state index is 12.3. The molecule has 0 radical (unpaired) electrons. The molecule has 1 aliphatic rings. The van der Waals surface area contributed by atoms with Crippen molar-refractivity contribution in [2.75, 3.05) is 18.0 Å². The average molecular weight is 337 g/mol. The van der Waals surface area contributed by atoms with Crippen LogP contribution in [0.1, 0.15) is 23.2 Å². The SMILES string of the molecule is Cn1ncc2c(N3CCC(NC(=O)c4ccncc4)CC3)ncnc21. The third-order valence-electron chi connectivity index (χ3n) is 4.58. The third-order valence-corrected chi connectivity index (χ3v) is 4.58. The molecule has 3 aromatic rings. The van der Waals surface area contributed by atoms with E-state index in [4.69, 9.17) is 0 Å². The highest BCUT2D eigenvalue weighted by atomic mass is 16.1. The summed E-state index contributed by atoms with van der Waals surface area (Å²) in [5, 5.41) is 8.33. The van der Waals surface area contributed by atoms with Crippen LogP contribution < -0.4 is 10.2 Å². The van der Waals surface area contributed by atoms with E-state index in [1.807, 2.05) is 13.2 Å². The van der Waals surface area contributed by atoms with E-state index in [9.17, 15) is 4.79 Å². The van der Waals surface area contributed by atoms with Crippen LogP contribution in [0.5, 0.6) is 0 Å². The van der Waals surface area contributed by atoms with Gasteiger partial charge in [-0.2, -0.15) is 5.10 Å². The molecule has 1 amide bonds. The molecule has 0 aliphatic carbocycles. The summed E-state index contributed by atoms with van der Waals surface area (Å²) < 4.78 is 1.75. The van der Waals surface area contributed by atoms with Gasteiger partial charge in [0.1, 0.15) is 12.1 Å². The van der Waals surface area contributed by atoms with Gasteiger partial charge in [-0.1, -0.05) is 0 Å². The minimum Gasteiger partial charge on any atom is -0.356 e. The van der Waals surface area contributed by atoms with Gasteiger partial charge in [-0.25, -0.2) is 9.97 Å². The molecule has 4 heterocycles. The number of piperidine rings is 1. The summed E-state index contributed by atoms with van der Waals surface area (Å²) in [4.78, 5) is 27.2. The molecule has 0 atom stereocenters. The molecular weight excluding hydrogens is 318 g/mol. The number of hydrogen-bond acceptors (Lipinski definition) is 6. The van der Waals surface area contributed by atoms with Gasteiger partial charge in [0, 0.05) is 44.1 Å². The highest BCUT2D eigenvalue weighted by Gasteiger charge is 2.23. The number of fused-ring (bicyclic) bond motifs is 1. The second-order valence-corrected chi connectivity index (χ2v) is 6.17. The molecule has 1 N–H and O–H groups in total. The Balaban J connectivity index is 1.42. The fraction of sp³-hybridized carbons (Fsp3) is 0.353. The van der Waals surface area contributed by atoms with E-state index in [1.54, 1.807) is 35.5 Å². The van der Waals surface area contributed by atoms with Crippen molar-refractivity contribution in [1.29, 1.82) is 0 Å². The van der Waals surface area contributed by atoms with Gasteiger partial charge in [-0.15, -0.1) is 0 Å². The Kier molecular flexibility index (Phi) is 4.01. The second kappa shape index (κ2) is 6.46. The zero-order chi connectivity index (χ0) is 17.2. The van der Waals surface area contributed by atoms with Crippen molar-refractivity contribution in [3.05, 3.63) is 42.6 Å². The van der Waals surface area contributed by atoms with Gasteiger partial charge in [0.25, 0.3) is 5.91 Å². The first-order valence-electron chi connectivity index (χ1n) is 8.31. The zero-order valence-corrected chi connectivity index (χ0v) is 14.0. The summed E-state index contributed by atoms with van der Waals surface area (Å²) in [5.41, 5.74) is 1.48. The molecule has 0 aromatic carbocycles. The molecule has 1 aliphatic heterocycles. The Morgan fingerprint density at radius 2 is 1.96 bits per heavy atom. The van der Waals surface area contributed by atoms with E-state index < -0.39 is 0 Å². The lowest BCUT2D eigenvalue weighted by molar-refractivity contribution is 0.0931. The van der Waals surface area contributed by atoms with Crippen molar-refractivity contribution in [3.8, 4) is 0 Å². The van der Waals surface area contributed by atoms with Crippen molar-refractivity contribution >= 4 is 22.8 Å². The van der Waals surface area contributed by atoms with Crippen LogP contribution in [-0.4, -0.2) is 49.8 Å². The monoisotopic (exact) mass is 337 g/mol. The molecule has 0 saturated carbocycles. The lowest BCUT2D eigenvalue weighted by atomic mass is 10.0. The number of rotatable bonds is 3. The summed E-state index contributed by atoms with van der Waals surface area (Å²) in [6.07, 6.45) is 8.40. The van der Waals surface area contributed by atoms with Crippen LogP contribution in [0, 0.1) is 0 Å². The lowest BCUT2D eigenvalue weighted by Crippen LogP contribution is -2.45. The Hall–Kier alpha value is -3.03. The summed E-state index contributed by atoms with van der Waals surface area (Å²) in [5.74, 6) is 0.870. The van der Waals surface area contributed by atoms with Crippen molar-refractivity contribution < 1.29 is 4.79 Å². The highest BCUT2D eigenvalue weighted by Crippen LogP contribution is 2.25. The number of anilines is 1. The van der Waals surface area contributed by atoms with Crippen molar-refractivity contribution in [2.45, 2.75) is 18.9 Å². The first kappa shape index (κ1) is 15.5. The maximum absolute atomic E-state index is 12.3. The van der Waals surface area contributed by atoms with Crippen LogP contribution in [0.25, 0.3) is 11.0 Å². The molecule has 128 valence electrons. The number of aryl methyl sites for hydroxylation is 1. The Bertz CT molecular complexity index is 884. The Morgan fingerprint density at radius 3 is 2.72 bits per heavy atom. The quantitative estimate of drug-likeness (QED) is 0.771.